The molecule has 9 heteroatoms. The number of aromatic nitrogens is 2. The molecule has 0 aliphatic carbocycles. The van der Waals surface area contributed by atoms with Crippen LogP contribution >= 0.6 is 0 Å². The van der Waals surface area contributed by atoms with E-state index in [4.69, 9.17) is 4.74 Å². The Hall–Kier alpha value is -1.61. The average molecular weight is 304 g/mol. The first-order valence-electron chi connectivity index (χ1n) is 6.05. The highest BCUT2D eigenvalue weighted by atomic mass is 32.2. The van der Waals surface area contributed by atoms with Gasteiger partial charge in [0.25, 0.3) is 10.0 Å². The molecule has 114 valence electrons. The lowest BCUT2D eigenvalue weighted by Crippen LogP contribution is -2.37. The number of ether oxygens (including phenoxy) is 1. The molecule has 0 aliphatic rings. The van der Waals surface area contributed by atoms with E-state index in [1.54, 1.807) is 27.8 Å². The summed E-state index contributed by atoms with van der Waals surface area (Å²) in [4.78, 5) is 15.1. The number of carbonyl (C=O) groups excluding carboxylic acids is 1. The van der Waals surface area contributed by atoms with E-state index < -0.39 is 21.7 Å². The molecule has 2 N–H and O–H groups in total. The van der Waals surface area contributed by atoms with E-state index in [9.17, 15) is 13.2 Å². The van der Waals surface area contributed by atoms with E-state index in [-0.39, 0.29) is 18.1 Å². The number of carbonyl (C=O) groups is 1. The maximum Gasteiger partial charge on any atom is 0.407 e. The number of alkyl carbamates (subject to hydrolysis) is 1. The van der Waals surface area contributed by atoms with Gasteiger partial charge in [0.1, 0.15) is 5.60 Å². The van der Waals surface area contributed by atoms with Gasteiger partial charge in [0, 0.05) is 26.3 Å². The summed E-state index contributed by atoms with van der Waals surface area (Å²) in [6, 6.07) is 0. The number of imidazole rings is 1. The number of rotatable bonds is 5. The van der Waals surface area contributed by atoms with Gasteiger partial charge in [0.15, 0.2) is 5.03 Å². The minimum atomic E-state index is -3.65. The zero-order chi connectivity index (χ0) is 15.4. The highest BCUT2D eigenvalue weighted by Gasteiger charge is 2.17. The van der Waals surface area contributed by atoms with Crippen molar-refractivity contribution in [3.8, 4) is 0 Å². The molecule has 1 rings (SSSR count). The van der Waals surface area contributed by atoms with Crippen molar-refractivity contribution < 1.29 is 17.9 Å². The van der Waals surface area contributed by atoms with Gasteiger partial charge in [-0.25, -0.2) is 22.9 Å². The third-order valence-electron chi connectivity index (χ3n) is 2.04. The van der Waals surface area contributed by atoms with E-state index >= 15 is 0 Å². The van der Waals surface area contributed by atoms with Crippen molar-refractivity contribution in [2.24, 2.45) is 7.05 Å². The third-order valence-corrected chi connectivity index (χ3v) is 3.39. The second-order valence-electron chi connectivity index (χ2n) is 5.20. The molecular formula is C11H20N4O4S. The monoisotopic (exact) mass is 304 g/mol. The van der Waals surface area contributed by atoms with Crippen LogP contribution in [0.3, 0.4) is 0 Å². The average Bonchev–Trinajstić information content (AvgIpc) is 2.70. The van der Waals surface area contributed by atoms with Crippen molar-refractivity contribution >= 4 is 16.1 Å². The van der Waals surface area contributed by atoms with Crippen LogP contribution in [-0.4, -0.2) is 42.8 Å². The number of amides is 1. The van der Waals surface area contributed by atoms with Crippen LogP contribution in [-0.2, 0) is 21.8 Å². The quantitative estimate of drug-likeness (QED) is 0.758. The summed E-state index contributed by atoms with van der Waals surface area (Å²) in [7, 11) is -1.97. The van der Waals surface area contributed by atoms with E-state index in [1.807, 2.05) is 0 Å². The molecule has 0 radical (unpaired) electrons. The topological polar surface area (TPSA) is 102 Å². The first-order valence-corrected chi connectivity index (χ1v) is 7.53. The van der Waals surface area contributed by atoms with Crippen LogP contribution in [0.25, 0.3) is 0 Å². The first kappa shape index (κ1) is 16.4. The fraction of sp³-hybridized carbons (Fsp3) is 0.636. The summed E-state index contributed by atoms with van der Waals surface area (Å²) in [5, 5.41) is 2.40. The predicted octanol–water partition coefficient (Wildman–Crippen LogP) is 0.223. The molecule has 0 atom stereocenters. The van der Waals surface area contributed by atoms with Crippen LogP contribution in [0.4, 0.5) is 4.79 Å². The Balaban J connectivity index is 2.36. The van der Waals surface area contributed by atoms with Crippen molar-refractivity contribution in [1.29, 1.82) is 0 Å². The SMILES string of the molecule is Cn1cnc(S(=O)(=O)NCCNC(=O)OC(C)(C)C)c1. The third kappa shape index (κ3) is 5.57. The number of sulfonamides is 1. The van der Waals surface area contributed by atoms with Gasteiger partial charge in [-0.05, 0) is 20.8 Å². The molecular weight excluding hydrogens is 284 g/mol. The molecule has 0 saturated carbocycles. The molecule has 0 aromatic carbocycles. The smallest absolute Gasteiger partial charge is 0.407 e. The Kier molecular flexibility index (Phi) is 5.12. The van der Waals surface area contributed by atoms with Crippen LogP contribution in [0.5, 0.6) is 0 Å². The van der Waals surface area contributed by atoms with Gasteiger partial charge in [-0.1, -0.05) is 0 Å². The summed E-state index contributed by atoms with van der Waals surface area (Å²) in [5.41, 5.74) is -0.586. The van der Waals surface area contributed by atoms with Gasteiger partial charge < -0.3 is 14.6 Å². The molecule has 0 unspecified atom stereocenters. The fourth-order valence-electron chi connectivity index (χ4n) is 1.27. The Morgan fingerprint density at radius 3 is 2.55 bits per heavy atom. The molecule has 0 aliphatic heterocycles. The number of hydrogen-bond acceptors (Lipinski definition) is 5. The lowest BCUT2D eigenvalue weighted by atomic mass is 10.2. The summed E-state index contributed by atoms with van der Waals surface area (Å²) >= 11 is 0. The molecule has 0 spiro atoms. The maximum atomic E-state index is 11.8. The second kappa shape index (κ2) is 6.23. The summed E-state index contributed by atoms with van der Waals surface area (Å²) in [6.45, 7) is 5.42. The van der Waals surface area contributed by atoms with E-state index in [0.717, 1.165) is 0 Å². The molecule has 1 aromatic rings. The Labute approximate surface area is 118 Å². The molecule has 1 aromatic heterocycles. The second-order valence-corrected chi connectivity index (χ2v) is 6.92. The van der Waals surface area contributed by atoms with E-state index in [2.05, 4.69) is 15.0 Å². The molecule has 1 amide bonds. The van der Waals surface area contributed by atoms with Crippen LogP contribution in [0, 0.1) is 0 Å². The van der Waals surface area contributed by atoms with Crippen molar-refractivity contribution in [2.45, 2.75) is 31.4 Å². The molecule has 1 heterocycles. The van der Waals surface area contributed by atoms with Crippen molar-refractivity contribution in [3.05, 3.63) is 12.5 Å². The van der Waals surface area contributed by atoms with Crippen LogP contribution < -0.4 is 10.0 Å². The van der Waals surface area contributed by atoms with Gasteiger partial charge in [-0.15, -0.1) is 0 Å². The van der Waals surface area contributed by atoms with Crippen molar-refractivity contribution in [3.63, 3.8) is 0 Å². The first-order chi connectivity index (χ1) is 9.10. The van der Waals surface area contributed by atoms with Crippen LogP contribution in [0.2, 0.25) is 0 Å². The van der Waals surface area contributed by atoms with Gasteiger partial charge in [-0.2, -0.15) is 0 Å². The van der Waals surface area contributed by atoms with E-state index in [1.165, 1.54) is 17.1 Å². The Morgan fingerprint density at radius 1 is 1.40 bits per heavy atom. The van der Waals surface area contributed by atoms with Gasteiger partial charge in [0.05, 0.1) is 6.33 Å². The molecule has 0 bridgehead atoms. The lowest BCUT2D eigenvalue weighted by Gasteiger charge is -2.19. The lowest BCUT2D eigenvalue weighted by molar-refractivity contribution is 0.0529. The van der Waals surface area contributed by atoms with Crippen LogP contribution in [0.15, 0.2) is 17.6 Å². The largest absolute Gasteiger partial charge is 0.444 e. The molecule has 8 nitrogen and oxygen atoms in total. The van der Waals surface area contributed by atoms with Crippen molar-refractivity contribution in [1.82, 2.24) is 19.6 Å². The van der Waals surface area contributed by atoms with Gasteiger partial charge in [-0.3, -0.25) is 0 Å². The Morgan fingerprint density at radius 2 is 2.05 bits per heavy atom. The zero-order valence-corrected chi connectivity index (χ0v) is 12.8. The fourth-order valence-corrected chi connectivity index (χ4v) is 2.28. The number of aryl methyl sites for hydroxylation is 1. The summed E-state index contributed by atoms with van der Waals surface area (Å²) in [5.74, 6) is 0. The standard InChI is InChI=1S/C11H20N4O4S/c1-11(2,3)19-10(16)12-5-6-14-20(17,18)9-7-15(4)8-13-9/h7-8,14H,5-6H2,1-4H3,(H,12,16). The van der Waals surface area contributed by atoms with Gasteiger partial charge in [0.2, 0.25) is 0 Å². The van der Waals surface area contributed by atoms with Gasteiger partial charge >= 0.3 is 6.09 Å². The highest BCUT2D eigenvalue weighted by Crippen LogP contribution is 2.06. The minimum absolute atomic E-state index is 0.0537. The molecule has 0 fully saturated rings. The number of nitrogens with zero attached hydrogens (tertiary/aromatic N) is 2. The number of hydrogen-bond donors (Lipinski definition) is 2. The number of nitrogens with one attached hydrogen (secondary N) is 2. The predicted molar refractivity (Wildman–Crippen MR) is 72.6 cm³/mol. The minimum Gasteiger partial charge on any atom is -0.444 e. The van der Waals surface area contributed by atoms with Crippen LogP contribution in [0.1, 0.15) is 20.8 Å². The normalized spacial score (nSPS) is 12.2. The van der Waals surface area contributed by atoms with E-state index in [0.29, 0.717) is 0 Å². The highest BCUT2D eigenvalue weighted by molar-refractivity contribution is 7.89. The molecule has 20 heavy (non-hydrogen) atoms. The Bertz CT molecular complexity index is 559. The summed E-state index contributed by atoms with van der Waals surface area (Å²) in [6.07, 6.45) is 2.20. The van der Waals surface area contributed by atoms with Crippen molar-refractivity contribution in [2.75, 3.05) is 13.1 Å². The summed E-state index contributed by atoms with van der Waals surface area (Å²) < 4.78 is 32.5. The maximum absolute atomic E-state index is 11.8. The zero-order valence-electron chi connectivity index (χ0n) is 12.0. The molecule has 0 saturated heterocycles.